The van der Waals surface area contributed by atoms with E-state index in [2.05, 4.69) is 31.9 Å². The van der Waals surface area contributed by atoms with E-state index in [1.807, 2.05) is 0 Å². The van der Waals surface area contributed by atoms with Crippen LogP contribution in [-0.4, -0.2) is 5.78 Å². The molecule has 0 N–H and O–H groups in total. The monoisotopic (exact) mass is 388 g/mol. The standard InChI is InChI=1S/C14H8Br2F2O/c15-9-4-5-11(16)10(7-9)13(19)6-8-2-1-3-12(17)14(8)18/h1-5,7H,6H2. The molecular formula is C14H8Br2F2O. The van der Waals surface area contributed by atoms with Crippen LogP contribution in [0, 0.1) is 11.6 Å². The predicted octanol–water partition coefficient (Wildman–Crippen LogP) is 4.92. The van der Waals surface area contributed by atoms with Gasteiger partial charge in [0.15, 0.2) is 17.4 Å². The zero-order chi connectivity index (χ0) is 14.0. The van der Waals surface area contributed by atoms with Gasteiger partial charge in [-0.2, -0.15) is 0 Å². The van der Waals surface area contributed by atoms with Gasteiger partial charge in [-0.05, 0) is 29.8 Å². The molecule has 0 bridgehead atoms. The number of benzene rings is 2. The van der Waals surface area contributed by atoms with E-state index in [9.17, 15) is 13.6 Å². The van der Waals surface area contributed by atoms with E-state index >= 15 is 0 Å². The topological polar surface area (TPSA) is 17.1 Å². The van der Waals surface area contributed by atoms with Crippen molar-refractivity contribution in [2.75, 3.05) is 0 Å². The lowest BCUT2D eigenvalue weighted by atomic mass is 10.0. The highest BCUT2D eigenvalue weighted by Crippen LogP contribution is 2.23. The highest BCUT2D eigenvalue weighted by atomic mass is 79.9. The van der Waals surface area contributed by atoms with Crippen molar-refractivity contribution in [3.63, 3.8) is 0 Å². The summed E-state index contributed by atoms with van der Waals surface area (Å²) in [5.74, 6) is -2.20. The van der Waals surface area contributed by atoms with E-state index in [1.165, 1.54) is 12.1 Å². The van der Waals surface area contributed by atoms with Gasteiger partial charge in [-0.15, -0.1) is 0 Å². The van der Waals surface area contributed by atoms with Crippen molar-refractivity contribution in [1.82, 2.24) is 0 Å². The first-order chi connectivity index (χ1) is 8.99. The summed E-state index contributed by atoms with van der Waals surface area (Å²) in [4.78, 5) is 12.1. The van der Waals surface area contributed by atoms with Crippen molar-refractivity contribution < 1.29 is 13.6 Å². The minimum atomic E-state index is -0.970. The second-order valence-corrected chi connectivity index (χ2v) is 5.71. The van der Waals surface area contributed by atoms with Crippen LogP contribution in [0.15, 0.2) is 45.3 Å². The van der Waals surface area contributed by atoms with Crippen molar-refractivity contribution in [3.8, 4) is 0 Å². The quantitative estimate of drug-likeness (QED) is 0.681. The number of hydrogen-bond acceptors (Lipinski definition) is 1. The Hall–Kier alpha value is -1.07. The molecule has 0 aliphatic carbocycles. The van der Waals surface area contributed by atoms with Crippen LogP contribution in [0.2, 0.25) is 0 Å². The third-order valence-electron chi connectivity index (χ3n) is 2.61. The number of carbonyl (C=O) groups is 1. The average molecular weight is 390 g/mol. The summed E-state index contributed by atoms with van der Waals surface area (Å²) in [5.41, 5.74) is 0.481. The number of Topliss-reactive ketones (excluding diaryl/α,β-unsaturated/α-hetero) is 1. The van der Waals surface area contributed by atoms with Crippen molar-refractivity contribution in [1.29, 1.82) is 0 Å². The number of ketones is 1. The Kier molecular flexibility index (Phi) is 4.47. The zero-order valence-electron chi connectivity index (χ0n) is 9.59. The van der Waals surface area contributed by atoms with E-state index < -0.39 is 11.6 Å². The summed E-state index contributed by atoms with van der Waals surface area (Å²) in [6, 6.07) is 8.96. The van der Waals surface area contributed by atoms with Gasteiger partial charge in [-0.1, -0.05) is 44.0 Å². The van der Waals surface area contributed by atoms with E-state index in [4.69, 9.17) is 0 Å². The van der Waals surface area contributed by atoms with Gasteiger partial charge in [0.05, 0.1) is 0 Å². The molecule has 5 heteroatoms. The zero-order valence-corrected chi connectivity index (χ0v) is 12.8. The number of hydrogen-bond donors (Lipinski definition) is 0. The Labute approximate surface area is 125 Å². The van der Waals surface area contributed by atoms with Crippen LogP contribution in [0.4, 0.5) is 8.78 Å². The third kappa shape index (κ3) is 3.28. The van der Waals surface area contributed by atoms with E-state index in [0.717, 1.165) is 10.5 Å². The smallest absolute Gasteiger partial charge is 0.168 e. The molecule has 98 valence electrons. The Bertz CT molecular complexity index is 641. The molecule has 0 aliphatic heterocycles. The molecule has 0 radical (unpaired) electrons. The normalized spacial score (nSPS) is 10.5. The van der Waals surface area contributed by atoms with Crippen LogP contribution in [0.5, 0.6) is 0 Å². The molecule has 0 amide bonds. The van der Waals surface area contributed by atoms with Gasteiger partial charge in [0.2, 0.25) is 0 Å². The first-order valence-corrected chi connectivity index (χ1v) is 6.99. The molecule has 1 nitrogen and oxygen atoms in total. The summed E-state index contributed by atoms with van der Waals surface area (Å²) in [5, 5.41) is 0. The van der Waals surface area contributed by atoms with Crippen LogP contribution >= 0.6 is 31.9 Å². The molecule has 2 aromatic carbocycles. The third-order valence-corrected chi connectivity index (χ3v) is 3.80. The molecule has 0 saturated carbocycles. The summed E-state index contributed by atoms with van der Waals surface area (Å²) in [6.45, 7) is 0. The van der Waals surface area contributed by atoms with Crippen LogP contribution in [-0.2, 0) is 6.42 Å². The number of rotatable bonds is 3. The fourth-order valence-corrected chi connectivity index (χ4v) is 2.49. The van der Waals surface area contributed by atoms with Crippen molar-refractivity contribution in [3.05, 3.63) is 68.1 Å². The SMILES string of the molecule is O=C(Cc1cccc(F)c1F)c1cc(Br)ccc1Br. The molecule has 0 aromatic heterocycles. The Balaban J connectivity index is 2.31. The maximum atomic E-state index is 13.5. The molecule has 0 aliphatic rings. The van der Waals surface area contributed by atoms with Gasteiger partial charge in [-0.25, -0.2) is 8.78 Å². The second kappa shape index (κ2) is 5.92. The molecule has 2 rings (SSSR count). The summed E-state index contributed by atoms with van der Waals surface area (Å²) in [7, 11) is 0. The van der Waals surface area contributed by atoms with Crippen molar-refractivity contribution >= 4 is 37.6 Å². The fourth-order valence-electron chi connectivity index (χ4n) is 1.66. The Morgan fingerprint density at radius 1 is 1.11 bits per heavy atom. The number of halogens is 4. The number of carbonyl (C=O) groups excluding carboxylic acids is 1. The molecule has 0 unspecified atom stereocenters. The van der Waals surface area contributed by atoms with Crippen molar-refractivity contribution in [2.45, 2.75) is 6.42 Å². The lowest BCUT2D eigenvalue weighted by Crippen LogP contribution is -2.07. The maximum absolute atomic E-state index is 13.5. The largest absolute Gasteiger partial charge is 0.294 e. The first-order valence-electron chi connectivity index (χ1n) is 5.40. The molecule has 0 heterocycles. The van der Waals surface area contributed by atoms with Gasteiger partial charge in [-0.3, -0.25) is 4.79 Å². The van der Waals surface area contributed by atoms with Gasteiger partial charge in [0, 0.05) is 20.9 Å². The lowest BCUT2D eigenvalue weighted by Gasteiger charge is -2.06. The maximum Gasteiger partial charge on any atom is 0.168 e. The molecule has 0 spiro atoms. The van der Waals surface area contributed by atoms with Gasteiger partial charge in [0.1, 0.15) is 0 Å². The molecule has 0 fully saturated rings. The molecule has 0 saturated heterocycles. The van der Waals surface area contributed by atoms with E-state index in [0.29, 0.717) is 10.0 Å². The highest BCUT2D eigenvalue weighted by molar-refractivity contribution is 9.11. The van der Waals surface area contributed by atoms with Crippen LogP contribution < -0.4 is 0 Å². The molecule has 19 heavy (non-hydrogen) atoms. The van der Waals surface area contributed by atoms with Gasteiger partial charge >= 0.3 is 0 Å². The Morgan fingerprint density at radius 3 is 2.58 bits per heavy atom. The summed E-state index contributed by atoms with van der Waals surface area (Å²) >= 11 is 6.54. The van der Waals surface area contributed by atoms with Crippen LogP contribution in [0.1, 0.15) is 15.9 Å². The second-order valence-electron chi connectivity index (χ2n) is 3.94. The van der Waals surface area contributed by atoms with Crippen molar-refractivity contribution in [2.24, 2.45) is 0 Å². The Morgan fingerprint density at radius 2 is 1.84 bits per heavy atom. The average Bonchev–Trinajstić information content (AvgIpc) is 2.38. The minimum absolute atomic E-state index is 0.0527. The van der Waals surface area contributed by atoms with E-state index in [-0.39, 0.29) is 17.8 Å². The van der Waals surface area contributed by atoms with E-state index in [1.54, 1.807) is 18.2 Å². The minimum Gasteiger partial charge on any atom is -0.294 e. The highest BCUT2D eigenvalue weighted by Gasteiger charge is 2.15. The summed E-state index contributed by atoms with van der Waals surface area (Å²) in [6.07, 6.45) is -0.182. The molecule has 0 atom stereocenters. The predicted molar refractivity (Wildman–Crippen MR) is 76.2 cm³/mol. The van der Waals surface area contributed by atoms with Crippen LogP contribution in [0.3, 0.4) is 0 Å². The lowest BCUT2D eigenvalue weighted by molar-refractivity contribution is 0.0991. The van der Waals surface area contributed by atoms with Crippen LogP contribution in [0.25, 0.3) is 0 Å². The van der Waals surface area contributed by atoms with Gasteiger partial charge < -0.3 is 0 Å². The molecular weight excluding hydrogens is 382 g/mol. The fraction of sp³-hybridized carbons (Fsp3) is 0.0714. The summed E-state index contributed by atoms with van der Waals surface area (Å²) < 4.78 is 28.0. The molecule has 2 aromatic rings. The van der Waals surface area contributed by atoms with Gasteiger partial charge in [0.25, 0.3) is 0 Å². The first kappa shape index (κ1) is 14.3.